The Bertz CT molecular complexity index is 680. The SMILES string of the molecule is CN1CCC(NS(=O)(=O)c2cc(Br)c(Cl)c(C(=O)O)c2)C1. The summed E-state index contributed by atoms with van der Waals surface area (Å²) < 4.78 is 27.5. The third kappa shape index (κ3) is 3.75. The van der Waals surface area contributed by atoms with Crippen molar-refractivity contribution >= 4 is 43.5 Å². The highest BCUT2D eigenvalue weighted by atomic mass is 79.9. The smallest absolute Gasteiger partial charge is 0.337 e. The van der Waals surface area contributed by atoms with Crippen molar-refractivity contribution in [2.75, 3.05) is 20.1 Å². The molecular formula is C12H14BrClN2O4S. The fourth-order valence-corrected chi connectivity index (χ4v) is 4.31. The fraction of sp³-hybridized carbons (Fsp3) is 0.417. The molecule has 6 nitrogen and oxygen atoms in total. The number of carbonyl (C=O) groups is 1. The van der Waals surface area contributed by atoms with Crippen LogP contribution in [0.5, 0.6) is 0 Å². The first-order valence-corrected chi connectivity index (χ1v) is 8.79. The Morgan fingerprint density at radius 1 is 1.52 bits per heavy atom. The van der Waals surface area contributed by atoms with Gasteiger partial charge in [-0.2, -0.15) is 0 Å². The highest BCUT2D eigenvalue weighted by Gasteiger charge is 2.27. The quantitative estimate of drug-likeness (QED) is 0.809. The second-order valence-corrected chi connectivity index (χ2v) is 7.89. The molecule has 0 spiro atoms. The lowest BCUT2D eigenvalue weighted by atomic mass is 10.2. The maximum absolute atomic E-state index is 12.3. The molecule has 0 radical (unpaired) electrons. The molecule has 0 amide bonds. The predicted molar refractivity (Wildman–Crippen MR) is 82.3 cm³/mol. The van der Waals surface area contributed by atoms with Gasteiger partial charge in [0.2, 0.25) is 10.0 Å². The Morgan fingerprint density at radius 2 is 2.19 bits per heavy atom. The van der Waals surface area contributed by atoms with E-state index >= 15 is 0 Å². The number of likely N-dealkylation sites (tertiary alicyclic amines) is 1. The number of benzene rings is 1. The van der Waals surface area contributed by atoms with Crippen molar-refractivity contribution in [2.24, 2.45) is 0 Å². The molecule has 1 aliphatic rings. The van der Waals surface area contributed by atoms with Crippen molar-refractivity contribution < 1.29 is 18.3 Å². The van der Waals surface area contributed by atoms with Crippen molar-refractivity contribution in [3.63, 3.8) is 0 Å². The van der Waals surface area contributed by atoms with Crippen LogP contribution in [-0.4, -0.2) is 50.6 Å². The zero-order valence-corrected chi connectivity index (χ0v) is 14.3. The zero-order chi connectivity index (χ0) is 15.8. The van der Waals surface area contributed by atoms with Gasteiger partial charge in [0, 0.05) is 17.1 Å². The van der Waals surface area contributed by atoms with Gasteiger partial charge in [0.05, 0.1) is 15.5 Å². The number of carboxylic acid groups (broad SMARTS) is 1. The first-order chi connectivity index (χ1) is 9.70. The number of halogens is 2. The molecule has 116 valence electrons. The first-order valence-electron chi connectivity index (χ1n) is 6.14. The monoisotopic (exact) mass is 396 g/mol. The zero-order valence-electron chi connectivity index (χ0n) is 11.1. The highest BCUT2D eigenvalue weighted by Crippen LogP contribution is 2.30. The molecule has 2 rings (SSSR count). The Morgan fingerprint density at radius 3 is 2.71 bits per heavy atom. The van der Waals surface area contributed by atoms with Crippen LogP contribution in [0.15, 0.2) is 21.5 Å². The fourth-order valence-electron chi connectivity index (χ4n) is 2.19. The van der Waals surface area contributed by atoms with Gasteiger partial charge in [-0.05, 0) is 48.1 Å². The van der Waals surface area contributed by atoms with Crippen LogP contribution < -0.4 is 4.72 Å². The molecule has 2 N–H and O–H groups in total. The normalized spacial score (nSPS) is 19.9. The standard InChI is InChI=1S/C12H14BrClN2O4S/c1-16-3-2-7(6-16)15-21(19,20)8-4-9(12(17)18)11(14)10(13)5-8/h4-5,7,15H,2-3,6H2,1H3,(H,17,18). The molecule has 0 aliphatic carbocycles. The number of likely N-dealkylation sites (N-methyl/N-ethyl adjacent to an activating group) is 1. The van der Waals surface area contributed by atoms with Crippen LogP contribution in [0.25, 0.3) is 0 Å². The van der Waals surface area contributed by atoms with Gasteiger partial charge in [0.25, 0.3) is 0 Å². The molecule has 1 aromatic carbocycles. The van der Waals surface area contributed by atoms with Crippen molar-refractivity contribution in [3.8, 4) is 0 Å². The van der Waals surface area contributed by atoms with Gasteiger partial charge in [-0.3, -0.25) is 0 Å². The summed E-state index contributed by atoms with van der Waals surface area (Å²) in [5.41, 5.74) is -0.255. The minimum atomic E-state index is -3.79. The van der Waals surface area contributed by atoms with Gasteiger partial charge in [0.15, 0.2) is 0 Å². The van der Waals surface area contributed by atoms with Crippen LogP contribution in [-0.2, 0) is 10.0 Å². The molecular weight excluding hydrogens is 384 g/mol. The summed E-state index contributed by atoms with van der Waals surface area (Å²) >= 11 is 8.93. The molecule has 9 heteroatoms. The van der Waals surface area contributed by atoms with E-state index in [1.165, 1.54) is 6.07 Å². The molecule has 1 saturated heterocycles. The van der Waals surface area contributed by atoms with E-state index in [9.17, 15) is 13.2 Å². The largest absolute Gasteiger partial charge is 0.478 e. The second kappa shape index (κ2) is 6.21. The van der Waals surface area contributed by atoms with Crippen LogP contribution in [0.2, 0.25) is 5.02 Å². The van der Waals surface area contributed by atoms with E-state index < -0.39 is 16.0 Å². The van der Waals surface area contributed by atoms with E-state index in [4.69, 9.17) is 16.7 Å². The van der Waals surface area contributed by atoms with Crippen LogP contribution in [0.4, 0.5) is 0 Å². The van der Waals surface area contributed by atoms with Gasteiger partial charge >= 0.3 is 5.97 Å². The number of sulfonamides is 1. The van der Waals surface area contributed by atoms with Crippen LogP contribution in [0, 0.1) is 0 Å². The summed E-state index contributed by atoms with van der Waals surface area (Å²) in [4.78, 5) is 13.0. The average Bonchev–Trinajstić information content (AvgIpc) is 2.76. The molecule has 0 bridgehead atoms. The number of nitrogens with one attached hydrogen (secondary N) is 1. The number of aromatic carboxylic acids is 1. The van der Waals surface area contributed by atoms with E-state index in [0.717, 1.165) is 19.0 Å². The molecule has 21 heavy (non-hydrogen) atoms. The highest BCUT2D eigenvalue weighted by molar-refractivity contribution is 9.10. The molecule has 1 heterocycles. The third-order valence-corrected chi connectivity index (χ3v) is 6.02. The molecule has 1 fully saturated rings. The Labute approximate surface area is 136 Å². The Kier molecular flexibility index (Phi) is 4.94. The lowest BCUT2D eigenvalue weighted by Gasteiger charge is -2.14. The third-order valence-electron chi connectivity index (χ3n) is 3.26. The molecule has 1 aromatic rings. The van der Waals surface area contributed by atoms with Crippen LogP contribution in [0.3, 0.4) is 0 Å². The van der Waals surface area contributed by atoms with E-state index in [1.54, 1.807) is 0 Å². The summed E-state index contributed by atoms with van der Waals surface area (Å²) in [5, 5.41) is 9.05. The first kappa shape index (κ1) is 16.7. The average molecular weight is 398 g/mol. The molecule has 0 saturated carbocycles. The summed E-state index contributed by atoms with van der Waals surface area (Å²) in [6.07, 6.45) is 0.719. The van der Waals surface area contributed by atoms with E-state index in [1.807, 2.05) is 11.9 Å². The van der Waals surface area contributed by atoms with E-state index in [2.05, 4.69) is 20.7 Å². The summed E-state index contributed by atoms with van der Waals surface area (Å²) in [6, 6.07) is 2.19. The van der Waals surface area contributed by atoms with E-state index in [-0.39, 0.29) is 26.0 Å². The lowest BCUT2D eigenvalue weighted by molar-refractivity contribution is 0.0696. The van der Waals surface area contributed by atoms with E-state index in [0.29, 0.717) is 6.54 Å². The number of rotatable bonds is 4. The maximum atomic E-state index is 12.3. The van der Waals surface area contributed by atoms with Crippen molar-refractivity contribution in [2.45, 2.75) is 17.4 Å². The number of hydrogen-bond acceptors (Lipinski definition) is 4. The Hall–Kier alpha value is -0.670. The van der Waals surface area contributed by atoms with Crippen molar-refractivity contribution in [3.05, 3.63) is 27.2 Å². The molecule has 0 aromatic heterocycles. The number of hydrogen-bond donors (Lipinski definition) is 2. The minimum absolute atomic E-state index is 0.0259. The van der Waals surface area contributed by atoms with Gasteiger partial charge in [-0.1, -0.05) is 11.6 Å². The predicted octanol–water partition coefficient (Wildman–Crippen LogP) is 1.78. The van der Waals surface area contributed by atoms with Crippen molar-refractivity contribution in [1.82, 2.24) is 9.62 Å². The molecule has 1 atom stereocenters. The van der Waals surface area contributed by atoms with Gasteiger partial charge in [-0.15, -0.1) is 0 Å². The Balaban J connectivity index is 2.34. The maximum Gasteiger partial charge on any atom is 0.337 e. The van der Waals surface area contributed by atoms with Gasteiger partial charge in [0.1, 0.15) is 0 Å². The summed E-state index contributed by atoms with van der Waals surface area (Å²) in [6.45, 7) is 1.44. The molecule has 1 unspecified atom stereocenters. The lowest BCUT2D eigenvalue weighted by Crippen LogP contribution is -2.36. The van der Waals surface area contributed by atoms with Gasteiger partial charge < -0.3 is 10.0 Å². The minimum Gasteiger partial charge on any atom is -0.478 e. The second-order valence-electron chi connectivity index (χ2n) is 4.94. The van der Waals surface area contributed by atoms with Crippen molar-refractivity contribution in [1.29, 1.82) is 0 Å². The number of nitrogens with zero attached hydrogens (tertiary/aromatic N) is 1. The molecule has 1 aliphatic heterocycles. The summed E-state index contributed by atoms with van der Waals surface area (Å²) in [7, 11) is -1.88. The van der Waals surface area contributed by atoms with Gasteiger partial charge in [-0.25, -0.2) is 17.9 Å². The topological polar surface area (TPSA) is 86.7 Å². The van der Waals surface area contributed by atoms with Crippen LogP contribution in [0.1, 0.15) is 16.8 Å². The number of carboxylic acids is 1. The summed E-state index contributed by atoms with van der Waals surface area (Å²) in [5.74, 6) is -1.28. The van der Waals surface area contributed by atoms with Crippen LogP contribution >= 0.6 is 27.5 Å².